The van der Waals surface area contributed by atoms with E-state index < -0.39 is 23.0 Å². The van der Waals surface area contributed by atoms with Crippen LogP contribution in [0.1, 0.15) is 28.7 Å². The van der Waals surface area contributed by atoms with Gasteiger partial charge in [-0.1, -0.05) is 0 Å². The molecule has 4 aliphatic carbocycles. The predicted molar refractivity (Wildman–Crippen MR) is 291 cm³/mol. The van der Waals surface area contributed by atoms with Gasteiger partial charge >= 0.3 is 11.9 Å². The average Bonchev–Trinajstić information content (AvgIpc) is 4.30. The molecule has 0 saturated carbocycles. The lowest BCUT2D eigenvalue weighted by molar-refractivity contribution is -0.140. The molecule has 5 aliphatic rings. The van der Waals surface area contributed by atoms with E-state index in [1.165, 1.54) is 256 Å². The Bertz CT molecular complexity index is 7230. The van der Waals surface area contributed by atoms with Crippen LogP contribution < -0.4 is 0 Å². The lowest BCUT2D eigenvalue weighted by Gasteiger charge is -2.49. The molecule has 72 heavy (non-hydrogen) atoms. The van der Waals surface area contributed by atoms with Gasteiger partial charge in [0.05, 0.1) is 19.8 Å². The molecule has 0 fully saturated rings. The van der Waals surface area contributed by atoms with E-state index >= 15 is 4.79 Å². The summed E-state index contributed by atoms with van der Waals surface area (Å²) in [5.74, 6) is -0.387. The molecule has 0 N–H and O–H groups in total. The topological polar surface area (TPSA) is 61.8 Å². The Balaban J connectivity index is 1.17. The molecule has 28 aromatic rings. The number of rotatable bonds is 3. The second kappa shape index (κ2) is 6.18. The third-order valence-electron chi connectivity index (χ3n) is 25.1. The maximum absolute atomic E-state index is 15.9. The Hall–Kier alpha value is -9.06. The Labute approximate surface area is 389 Å². The van der Waals surface area contributed by atoms with Gasteiger partial charge in [-0.3, -0.25) is 4.79 Å². The monoisotopic (exact) mass is 892 g/mol. The van der Waals surface area contributed by atoms with Crippen molar-refractivity contribution in [2.75, 3.05) is 14.2 Å². The molecule has 0 amide bonds. The van der Waals surface area contributed by atoms with Gasteiger partial charge in [0.2, 0.25) is 0 Å². The summed E-state index contributed by atoms with van der Waals surface area (Å²) < 4.78 is 20.1. The van der Waals surface area contributed by atoms with Crippen LogP contribution in [0.3, 0.4) is 0 Å². The fourth-order valence-corrected chi connectivity index (χ4v) is 24.9. The summed E-state index contributed by atoms with van der Waals surface area (Å²) in [6.07, 6.45) is -0.146. The van der Waals surface area contributed by atoms with E-state index in [4.69, 9.17) is 14.2 Å². The first-order valence-electron chi connectivity index (χ1n) is 26.0. The number of ether oxygens (including phenoxy) is 3. The molecule has 0 saturated heterocycles. The fraction of sp³-hybridized carbons (Fsp3) is 0.0746. The highest BCUT2D eigenvalue weighted by atomic mass is 16.5. The standard InChI is InChI=1S/C67H8O5/c1-70-5(68)3-4-60(65(69)71-2)66-61-52-44-34-24-16-8-6-7-10-14-12(8)20-28-22(14)32-26-18(10)19-11(7)15-13-9(6)17(16)25-31-21(13)29-23(15)33-27(19)37-36(26)48-42(32)50-40(28)46(38(44)30(20)24)54(61)56(50)63-58(48)59-49(37)43(33)51-41(29)47-39(31)45(35(25)34)53(52)62(66)55(47)57(51)64(59)67(63,66)72-4/h3H2,1-2H3. The van der Waals surface area contributed by atoms with Gasteiger partial charge in [-0.05, 0) is 302 Å². The van der Waals surface area contributed by atoms with E-state index in [1.54, 1.807) is 71.7 Å². The molecule has 33 rings (SSSR count). The number of methoxy groups -OCH3 is 2. The highest BCUT2D eigenvalue weighted by Gasteiger charge is 2.77. The average molecular weight is 893 g/mol. The summed E-state index contributed by atoms with van der Waals surface area (Å²) in [5, 5.41) is 79.9. The number of esters is 2. The third kappa shape index (κ3) is 1.43. The summed E-state index contributed by atoms with van der Waals surface area (Å²) in [7, 11) is 3.00. The summed E-state index contributed by atoms with van der Waals surface area (Å²) in [6, 6.07) is 0. The van der Waals surface area contributed by atoms with Crippen LogP contribution in [-0.2, 0) is 34.8 Å². The molecular weight excluding hydrogens is 885 g/mol. The summed E-state index contributed by atoms with van der Waals surface area (Å²) in [5.41, 5.74) is 3.26. The van der Waals surface area contributed by atoms with Gasteiger partial charge in [-0.25, -0.2) is 4.79 Å². The minimum atomic E-state index is -1.18. The molecule has 5 nitrogen and oxygen atoms in total. The lowest BCUT2D eigenvalue weighted by Crippen LogP contribution is -2.52. The molecule has 0 radical (unpaired) electrons. The van der Waals surface area contributed by atoms with Gasteiger partial charge in [0.15, 0.2) is 5.60 Å². The van der Waals surface area contributed by atoms with Gasteiger partial charge in [-0.2, -0.15) is 0 Å². The molecule has 0 aromatic heterocycles. The first kappa shape index (κ1) is 27.4. The van der Waals surface area contributed by atoms with Crippen molar-refractivity contribution < 1.29 is 23.8 Å². The summed E-state index contributed by atoms with van der Waals surface area (Å²) >= 11 is 0. The van der Waals surface area contributed by atoms with Gasteiger partial charge < -0.3 is 14.2 Å². The van der Waals surface area contributed by atoms with E-state index in [1.807, 2.05) is 0 Å². The van der Waals surface area contributed by atoms with Crippen LogP contribution in [0.4, 0.5) is 0 Å². The minimum Gasteiger partial charge on any atom is -0.479 e. The van der Waals surface area contributed by atoms with Crippen molar-refractivity contribution in [3.05, 3.63) is 33.6 Å². The molecule has 1 aliphatic heterocycles. The molecule has 0 unspecified atom stereocenters. The van der Waals surface area contributed by atoms with Crippen LogP contribution in [0.15, 0.2) is 11.3 Å². The van der Waals surface area contributed by atoms with E-state index in [9.17, 15) is 4.79 Å². The highest BCUT2D eigenvalue weighted by Crippen LogP contribution is 2.86. The quantitative estimate of drug-likeness (QED) is 0.131. The Morgan fingerprint density at radius 3 is 0.681 bits per heavy atom. The molecule has 0 bridgehead atoms. The molecule has 2 spiro atoms. The van der Waals surface area contributed by atoms with E-state index in [0.29, 0.717) is 11.3 Å². The van der Waals surface area contributed by atoms with Crippen molar-refractivity contribution in [3.8, 4) is 0 Å². The fourth-order valence-electron chi connectivity index (χ4n) is 24.9. The normalized spacial score (nSPS) is 22.1. The van der Waals surface area contributed by atoms with Gasteiger partial charge in [0.25, 0.3) is 0 Å². The van der Waals surface area contributed by atoms with Crippen LogP contribution in [-0.4, -0.2) is 26.2 Å². The molecule has 0 atom stereocenters. The molecule has 306 valence electrons. The maximum Gasteiger partial charge on any atom is 0.338 e. The van der Waals surface area contributed by atoms with Crippen LogP contribution in [0.5, 0.6) is 0 Å². The second-order valence-corrected chi connectivity index (χ2v) is 25.3. The van der Waals surface area contributed by atoms with Gasteiger partial charge in [-0.15, -0.1) is 0 Å². The van der Waals surface area contributed by atoms with Crippen molar-refractivity contribution in [2.45, 2.75) is 17.4 Å². The number of hydrogen-bond donors (Lipinski definition) is 0. The maximum atomic E-state index is 15.9. The van der Waals surface area contributed by atoms with Crippen molar-refractivity contribution in [2.24, 2.45) is 0 Å². The Morgan fingerprint density at radius 2 is 0.486 bits per heavy atom. The number of carbonyl (C=O) groups is 2. The third-order valence-corrected chi connectivity index (χ3v) is 25.1. The molecular formula is C67H8O5. The zero-order valence-corrected chi connectivity index (χ0v) is 36.7. The van der Waals surface area contributed by atoms with E-state index in [0.717, 1.165) is 0 Å². The Kier molecular flexibility index (Phi) is 2.35. The highest BCUT2D eigenvalue weighted by molar-refractivity contribution is 6.82. The largest absolute Gasteiger partial charge is 0.479 e. The van der Waals surface area contributed by atoms with Crippen molar-refractivity contribution >= 4 is 303 Å². The SMILES string of the molecule is COC(=O)CC1=C(C(=O)OC)C23c4c5c6c7c8c9c(c%10c%11c2c2c4c4c%12c5c5c6c6c8c8c%13c9c9c%10c%10c%11c%11c2c2c4c4c%12c%12c5c5c6c8c6c8c%13c9c9c%10c%10c%11c2c2c4c4c%12c5c6c5c8c9c%10c2c45)C73O1. The summed E-state index contributed by atoms with van der Waals surface area (Å²) in [6.45, 7) is 0. The second-order valence-electron chi connectivity index (χ2n) is 25.3. The van der Waals surface area contributed by atoms with Gasteiger partial charge in [0, 0.05) is 11.1 Å². The molecule has 5 heteroatoms. The Morgan fingerprint density at radius 1 is 0.292 bits per heavy atom. The lowest BCUT2D eigenvalue weighted by atomic mass is 9.52. The molecule has 28 aromatic carbocycles. The van der Waals surface area contributed by atoms with E-state index in [-0.39, 0.29) is 6.42 Å². The summed E-state index contributed by atoms with van der Waals surface area (Å²) in [4.78, 5) is 30.1. The first-order chi connectivity index (χ1) is 35.7. The minimum absolute atomic E-state index is 0.146. The zero-order valence-electron chi connectivity index (χ0n) is 36.7. The van der Waals surface area contributed by atoms with Gasteiger partial charge in [0.1, 0.15) is 17.6 Å². The van der Waals surface area contributed by atoms with E-state index in [2.05, 4.69) is 0 Å². The van der Waals surface area contributed by atoms with Crippen LogP contribution >= 0.6 is 0 Å². The first-order valence-corrected chi connectivity index (χ1v) is 26.0. The number of benzene rings is 18. The van der Waals surface area contributed by atoms with Crippen LogP contribution in [0.25, 0.3) is 291 Å². The van der Waals surface area contributed by atoms with Crippen LogP contribution in [0.2, 0.25) is 0 Å². The van der Waals surface area contributed by atoms with Crippen molar-refractivity contribution in [3.63, 3.8) is 0 Å². The molecule has 1 heterocycles. The zero-order chi connectivity index (χ0) is 43.6. The number of carbonyl (C=O) groups excluding carboxylic acids is 2. The van der Waals surface area contributed by atoms with Crippen molar-refractivity contribution in [1.82, 2.24) is 0 Å². The smallest absolute Gasteiger partial charge is 0.338 e. The number of hydrogen-bond acceptors (Lipinski definition) is 5. The van der Waals surface area contributed by atoms with Crippen molar-refractivity contribution in [1.29, 1.82) is 0 Å². The predicted octanol–water partition coefficient (Wildman–Crippen LogP) is 16.3. The van der Waals surface area contributed by atoms with Crippen LogP contribution in [0, 0.1) is 0 Å².